The van der Waals surface area contributed by atoms with Crippen LogP contribution in [0.2, 0.25) is 0 Å². The van der Waals surface area contributed by atoms with Gasteiger partial charge in [0.25, 0.3) is 0 Å². The third-order valence-electron chi connectivity index (χ3n) is 5.05. The van der Waals surface area contributed by atoms with E-state index in [0.717, 1.165) is 46.2 Å². The second-order valence-electron chi connectivity index (χ2n) is 7.09. The van der Waals surface area contributed by atoms with Crippen LogP contribution in [0, 0.1) is 18.6 Å². The van der Waals surface area contributed by atoms with E-state index >= 15 is 0 Å². The summed E-state index contributed by atoms with van der Waals surface area (Å²) in [7, 11) is 1.64. The highest BCUT2D eigenvalue weighted by atomic mass is 32.2. The first kappa shape index (κ1) is 19.7. The average Bonchev–Trinajstić information content (AvgIpc) is 2.89. The van der Waals surface area contributed by atoms with E-state index in [2.05, 4.69) is 16.0 Å². The summed E-state index contributed by atoms with van der Waals surface area (Å²) in [4.78, 5) is 7.99. The molecule has 1 aliphatic heterocycles. The molecule has 0 spiro atoms. The number of hydrogen-bond acceptors (Lipinski definition) is 4. The molecule has 3 nitrogen and oxygen atoms in total. The molecule has 1 aliphatic rings. The van der Waals surface area contributed by atoms with Crippen molar-refractivity contribution in [1.82, 2.24) is 4.98 Å². The van der Waals surface area contributed by atoms with Gasteiger partial charge in [0.05, 0.1) is 25.0 Å². The molecule has 29 heavy (non-hydrogen) atoms. The lowest BCUT2D eigenvalue weighted by Crippen LogP contribution is -2.24. The van der Waals surface area contributed by atoms with Crippen LogP contribution in [0.5, 0.6) is 5.75 Å². The molecular weight excluding hydrogens is 390 g/mol. The highest BCUT2D eigenvalue weighted by molar-refractivity contribution is 7.99. The number of methoxy groups -OCH3 is 1. The maximum Gasteiger partial charge on any atom is 0.159 e. The minimum absolute atomic E-state index is 0.0198. The van der Waals surface area contributed by atoms with Crippen molar-refractivity contribution in [2.75, 3.05) is 18.6 Å². The highest BCUT2D eigenvalue weighted by Crippen LogP contribution is 2.46. The second-order valence-corrected chi connectivity index (χ2v) is 8.34. The van der Waals surface area contributed by atoms with Crippen LogP contribution in [0.4, 0.5) is 14.5 Å². The maximum absolute atomic E-state index is 13.8. The molecule has 4 rings (SSSR count). The molecule has 0 amide bonds. The topological polar surface area (TPSA) is 25.4 Å². The summed E-state index contributed by atoms with van der Waals surface area (Å²) < 4.78 is 32.6. The minimum Gasteiger partial charge on any atom is -0.497 e. The number of nitrogens with zero attached hydrogens (tertiary/aromatic N) is 2. The molecule has 2 aromatic carbocycles. The van der Waals surface area contributed by atoms with Gasteiger partial charge in [-0.2, -0.15) is 0 Å². The summed E-state index contributed by atoms with van der Waals surface area (Å²) in [6.07, 6.45) is 0.804. The first-order valence-electron chi connectivity index (χ1n) is 9.50. The molecule has 1 atom stereocenters. The number of rotatable bonds is 4. The van der Waals surface area contributed by atoms with Crippen molar-refractivity contribution in [1.29, 1.82) is 0 Å². The summed E-state index contributed by atoms with van der Waals surface area (Å²) in [5.74, 6) is -0.851. The van der Waals surface area contributed by atoms with Crippen LogP contribution < -0.4 is 9.64 Å². The molecule has 0 fully saturated rings. The van der Waals surface area contributed by atoms with Crippen molar-refractivity contribution in [2.45, 2.75) is 30.0 Å². The van der Waals surface area contributed by atoms with Crippen molar-refractivity contribution >= 4 is 17.4 Å². The summed E-state index contributed by atoms with van der Waals surface area (Å²) in [5, 5.41) is 0.0198. The Morgan fingerprint density at radius 2 is 1.97 bits per heavy atom. The average molecular weight is 413 g/mol. The van der Waals surface area contributed by atoms with E-state index in [1.54, 1.807) is 24.9 Å². The second kappa shape index (κ2) is 8.41. The molecule has 6 heteroatoms. The first-order chi connectivity index (χ1) is 14.0. The van der Waals surface area contributed by atoms with E-state index in [9.17, 15) is 8.78 Å². The maximum atomic E-state index is 13.8. The van der Waals surface area contributed by atoms with Crippen LogP contribution >= 0.6 is 11.8 Å². The third-order valence-corrected chi connectivity index (χ3v) is 6.43. The molecule has 1 aromatic heterocycles. The van der Waals surface area contributed by atoms with Gasteiger partial charge in [-0.3, -0.25) is 4.98 Å². The molecule has 1 unspecified atom stereocenters. The fraction of sp³-hybridized carbons (Fsp3) is 0.261. The quantitative estimate of drug-likeness (QED) is 0.531. The van der Waals surface area contributed by atoms with Crippen LogP contribution in [-0.2, 0) is 6.54 Å². The monoisotopic (exact) mass is 412 g/mol. The number of aryl methyl sites for hydroxylation is 1. The van der Waals surface area contributed by atoms with E-state index in [0.29, 0.717) is 6.54 Å². The van der Waals surface area contributed by atoms with Gasteiger partial charge >= 0.3 is 0 Å². The molecule has 150 valence electrons. The van der Waals surface area contributed by atoms with Gasteiger partial charge in [0, 0.05) is 22.4 Å². The smallest absolute Gasteiger partial charge is 0.159 e. The lowest BCUT2D eigenvalue weighted by atomic mass is 10.1. The fourth-order valence-electron chi connectivity index (χ4n) is 3.58. The number of anilines is 1. The summed E-state index contributed by atoms with van der Waals surface area (Å²) in [6.45, 7) is 3.46. The number of fused-ring (bicyclic) bond motifs is 1. The van der Waals surface area contributed by atoms with Gasteiger partial charge in [0.2, 0.25) is 0 Å². The van der Waals surface area contributed by atoms with E-state index in [1.165, 1.54) is 12.1 Å². The molecule has 0 radical (unpaired) electrons. The first-order valence-corrected chi connectivity index (χ1v) is 10.4. The van der Waals surface area contributed by atoms with Crippen LogP contribution in [0.25, 0.3) is 0 Å². The molecule has 2 heterocycles. The van der Waals surface area contributed by atoms with Crippen LogP contribution in [0.15, 0.2) is 59.5 Å². The predicted octanol–water partition coefficient (Wildman–Crippen LogP) is 5.92. The number of benzene rings is 2. The molecular formula is C23H22F2N2OS. The van der Waals surface area contributed by atoms with Gasteiger partial charge < -0.3 is 9.64 Å². The number of thioether (sulfide) groups is 1. The molecule has 3 aromatic rings. The van der Waals surface area contributed by atoms with Crippen LogP contribution in [-0.4, -0.2) is 18.6 Å². The van der Waals surface area contributed by atoms with Crippen molar-refractivity contribution in [3.63, 3.8) is 0 Å². The summed E-state index contributed by atoms with van der Waals surface area (Å²) in [6, 6.07) is 16.2. The van der Waals surface area contributed by atoms with E-state index in [1.807, 2.05) is 37.3 Å². The number of ether oxygens (including phenoxy) is 1. The Bertz CT molecular complexity index is 1030. The van der Waals surface area contributed by atoms with Crippen molar-refractivity contribution < 1.29 is 13.5 Å². The van der Waals surface area contributed by atoms with Gasteiger partial charge in [0.15, 0.2) is 11.6 Å². The van der Waals surface area contributed by atoms with Gasteiger partial charge in [-0.15, -0.1) is 11.8 Å². The van der Waals surface area contributed by atoms with Crippen LogP contribution in [0.3, 0.4) is 0 Å². The SMILES string of the molecule is COc1ccc2c(c1)SC(c1ccc(F)c(F)c1)CCN2Cc1cccc(C)n1. The Morgan fingerprint density at radius 3 is 2.72 bits per heavy atom. The molecule has 0 N–H and O–H groups in total. The Kier molecular flexibility index (Phi) is 5.72. The van der Waals surface area contributed by atoms with Crippen molar-refractivity contribution in [3.8, 4) is 5.75 Å². The zero-order valence-electron chi connectivity index (χ0n) is 16.4. The minimum atomic E-state index is -0.818. The van der Waals surface area contributed by atoms with Crippen LogP contribution in [0.1, 0.15) is 28.6 Å². The fourth-order valence-corrected chi connectivity index (χ4v) is 4.89. The number of hydrogen-bond donors (Lipinski definition) is 0. The number of aromatic nitrogens is 1. The number of pyridine rings is 1. The van der Waals surface area contributed by atoms with Crippen molar-refractivity contribution in [3.05, 3.63) is 83.2 Å². The number of halogens is 2. The van der Waals surface area contributed by atoms with E-state index in [4.69, 9.17) is 4.74 Å². The highest BCUT2D eigenvalue weighted by Gasteiger charge is 2.25. The molecule has 0 bridgehead atoms. The van der Waals surface area contributed by atoms with Gasteiger partial charge in [-0.05, 0) is 61.4 Å². The van der Waals surface area contributed by atoms with Gasteiger partial charge in [0.1, 0.15) is 5.75 Å². The largest absolute Gasteiger partial charge is 0.497 e. The molecule has 0 saturated carbocycles. The zero-order valence-corrected chi connectivity index (χ0v) is 17.2. The Morgan fingerprint density at radius 1 is 1.10 bits per heavy atom. The Balaban J connectivity index is 1.68. The van der Waals surface area contributed by atoms with Crippen molar-refractivity contribution in [2.24, 2.45) is 0 Å². The normalized spacial score (nSPS) is 16.3. The van der Waals surface area contributed by atoms with Gasteiger partial charge in [-0.1, -0.05) is 12.1 Å². The third kappa shape index (κ3) is 4.37. The predicted molar refractivity (Wildman–Crippen MR) is 113 cm³/mol. The lowest BCUT2D eigenvalue weighted by Gasteiger charge is -2.24. The summed E-state index contributed by atoms with van der Waals surface area (Å²) >= 11 is 1.66. The van der Waals surface area contributed by atoms with Gasteiger partial charge in [-0.25, -0.2) is 8.78 Å². The zero-order chi connectivity index (χ0) is 20.4. The lowest BCUT2D eigenvalue weighted by molar-refractivity contribution is 0.413. The van der Waals surface area contributed by atoms with E-state index in [-0.39, 0.29) is 5.25 Å². The molecule has 0 aliphatic carbocycles. The van der Waals surface area contributed by atoms with E-state index < -0.39 is 11.6 Å². The summed E-state index contributed by atoms with van der Waals surface area (Å²) in [5.41, 5.74) is 3.88. The molecule has 0 saturated heterocycles. The standard InChI is InChI=1S/C23H22F2N2OS/c1-15-4-3-5-17(26-15)14-27-11-10-22(16-6-8-19(24)20(25)12-16)29-23-13-18(28-2)7-9-21(23)27/h3-9,12-13,22H,10-11,14H2,1-2H3. The Labute approximate surface area is 173 Å². The Hall–Kier alpha value is -2.60.